The number of aliphatic hydroxyl groups excluding tert-OH is 2. The minimum atomic E-state index is -3.62. The van der Waals surface area contributed by atoms with Crippen LogP contribution in [0.25, 0.3) is 0 Å². The molecule has 0 bridgehead atoms. The maximum absolute atomic E-state index is 12.4. The van der Waals surface area contributed by atoms with E-state index < -0.39 is 27.5 Å². The summed E-state index contributed by atoms with van der Waals surface area (Å²) in [6.07, 6.45) is 4.31. The van der Waals surface area contributed by atoms with E-state index in [1.807, 2.05) is 0 Å². The number of rotatable bonds is 14. The fourth-order valence-electron chi connectivity index (χ4n) is 4.56. The number of carbonyl (C=O) groups excluding carboxylic acids is 1. The normalized spacial score (nSPS) is 18.3. The number of morpholine rings is 1. The smallest absolute Gasteiger partial charge is 0.350 e. The lowest BCUT2D eigenvalue weighted by Crippen LogP contribution is -2.43. The monoisotopic (exact) mass is 600 g/mol. The number of thiazole rings is 1. The number of hydrazine groups is 1. The number of benzene rings is 1. The van der Waals surface area contributed by atoms with E-state index in [2.05, 4.69) is 15.3 Å². The number of aliphatic hydroxyl groups is 2. The minimum absolute atomic E-state index is 0.0820. The molecule has 1 saturated carbocycles. The Bertz CT molecular complexity index is 1180. The van der Waals surface area contributed by atoms with Gasteiger partial charge < -0.3 is 19.7 Å². The third kappa shape index (κ3) is 7.91. The molecule has 2 fully saturated rings. The maximum Gasteiger partial charge on any atom is 0.350 e. The van der Waals surface area contributed by atoms with Crippen LogP contribution in [0.15, 0.2) is 34.8 Å². The third-order valence-electron chi connectivity index (χ3n) is 7.03. The number of anilines is 1. The van der Waals surface area contributed by atoms with Crippen LogP contribution < -0.4 is 9.84 Å². The number of aromatic nitrogens is 1. The molecule has 2 heterocycles. The van der Waals surface area contributed by atoms with Crippen LogP contribution in [0.1, 0.15) is 40.6 Å². The number of sulfonamides is 1. The first-order chi connectivity index (χ1) is 18.7. The van der Waals surface area contributed by atoms with Crippen LogP contribution in [0.2, 0.25) is 0 Å². The minimum Gasteiger partial charge on any atom is -0.460 e. The topological polar surface area (TPSA) is 142 Å². The SMILES string of the molecule is CS(=O)(=O)N(NCCSc1ncc(C(=O)OCCN2CCOCC2)s1)c1ccc(C(O)C2(CO)CCC2)cc1. The van der Waals surface area contributed by atoms with Crippen LogP contribution in [0.4, 0.5) is 5.69 Å². The molecule has 1 aliphatic heterocycles. The molecule has 0 radical (unpaired) electrons. The van der Waals surface area contributed by atoms with E-state index in [1.165, 1.54) is 29.3 Å². The quantitative estimate of drug-likeness (QED) is 0.127. The largest absolute Gasteiger partial charge is 0.460 e. The molecular weight excluding hydrogens is 564 g/mol. The summed E-state index contributed by atoms with van der Waals surface area (Å²) in [5.41, 5.74) is 3.50. The van der Waals surface area contributed by atoms with Crippen molar-refractivity contribution < 1.29 is 32.9 Å². The standard InChI is InChI=1S/C25H36N4O7S3/c1-39(33,34)29(20-5-3-19(4-6-20)22(31)25(18-30)7-2-8-25)27-9-16-37-24-26-17-21(38-24)23(32)36-15-12-28-10-13-35-14-11-28/h3-6,17,22,27,30-31H,2,7-16,18H2,1H3. The van der Waals surface area contributed by atoms with Gasteiger partial charge in [0.1, 0.15) is 11.5 Å². The van der Waals surface area contributed by atoms with Crippen molar-refractivity contribution in [3.8, 4) is 0 Å². The first-order valence-electron chi connectivity index (χ1n) is 12.9. The number of thioether (sulfide) groups is 1. The van der Waals surface area contributed by atoms with E-state index in [0.29, 0.717) is 59.1 Å². The van der Waals surface area contributed by atoms with Gasteiger partial charge in [-0.1, -0.05) is 30.3 Å². The Morgan fingerprint density at radius 3 is 2.64 bits per heavy atom. The molecule has 1 aromatic heterocycles. The molecule has 39 heavy (non-hydrogen) atoms. The first-order valence-corrected chi connectivity index (χ1v) is 16.6. The average Bonchev–Trinajstić information content (AvgIpc) is 3.37. The summed E-state index contributed by atoms with van der Waals surface area (Å²) in [5, 5.41) is 20.5. The van der Waals surface area contributed by atoms with E-state index in [0.717, 1.165) is 43.0 Å². The summed E-state index contributed by atoms with van der Waals surface area (Å²) in [4.78, 5) is 19.2. The highest BCUT2D eigenvalue weighted by Crippen LogP contribution is 2.49. The van der Waals surface area contributed by atoms with Crippen LogP contribution in [0, 0.1) is 5.41 Å². The molecule has 216 valence electrons. The van der Waals surface area contributed by atoms with Gasteiger partial charge in [0.25, 0.3) is 0 Å². The summed E-state index contributed by atoms with van der Waals surface area (Å²) in [6, 6.07) is 6.67. The van der Waals surface area contributed by atoms with E-state index in [1.54, 1.807) is 24.3 Å². The van der Waals surface area contributed by atoms with Gasteiger partial charge in [-0.2, -0.15) is 0 Å². The zero-order chi connectivity index (χ0) is 27.9. The van der Waals surface area contributed by atoms with Crippen molar-refractivity contribution in [3.05, 3.63) is 40.9 Å². The lowest BCUT2D eigenvalue weighted by atomic mass is 9.64. The molecule has 0 spiro atoms. The van der Waals surface area contributed by atoms with Crippen LogP contribution in [0.5, 0.6) is 0 Å². The maximum atomic E-state index is 12.4. The summed E-state index contributed by atoms with van der Waals surface area (Å²) in [6.45, 7) is 4.30. The predicted molar refractivity (Wildman–Crippen MR) is 150 cm³/mol. The van der Waals surface area contributed by atoms with Gasteiger partial charge in [0.2, 0.25) is 10.0 Å². The van der Waals surface area contributed by atoms with Gasteiger partial charge in [0.15, 0.2) is 4.34 Å². The zero-order valence-corrected chi connectivity index (χ0v) is 24.4. The Morgan fingerprint density at radius 2 is 2.03 bits per heavy atom. The molecule has 1 aromatic carbocycles. The van der Waals surface area contributed by atoms with Crippen molar-refractivity contribution in [2.45, 2.75) is 29.7 Å². The summed E-state index contributed by atoms with van der Waals surface area (Å²) in [5.74, 6) is 0.116. The number of carbonyl (C=O) groups is 1. The molecule has 2 aliphatic rings. The van der Waals surface area contributed by atoms with Gasteiger partial charge in [-0.3, -0.25) is 4.90 Å². The zero-order valence-electron chi connectivity index (χ0n) is 22.0. The van der Waals surface area contributed by atoms with Crippen molar-refractivity contribution in [1.29, 1.82) is 0 Å². The fraction of sp³-hybridized carbons (Fsp3) is 0.600. The highest BCUT2D eigenvalue weighted by molar-refractivity contribution is 8.01. The molecular formula is C25H36N4O7S3. The summed E-state index contributed by atoms with van der Waals surface area (Å²) >= 11 is 2.66. The van der Waals surface area contributed by atoms with E-state index in [9.17, 15) is 23.4 Å². The lowest BCUT2D eigenvalue weighted by molar-refractivity contribution is -0.0734. The second-order valence-electron chi connectivity index (χ2n) is 9.73. The van der Waals surface area contributed by atoms with E-state index in [4.69, 9.17) is 9.47 Å². The summed E-state index contributed by atoms with van der Waals surface area (Å²) < 4.78 is 37.4. The van der Waals surface area contributed by atoms with Gasteiger partial charge in [-0.25, -0.2) is 28.0 Å². The lowest BCUT2D eigenvalue weighted by Gasteiger charge is -2.44. The Balaban J connectivity index is 1.24. The molecule has 1 aliphatic carbocycles. The molecule has 14 heteroatoms. The summed E-state index contributed by atoms with van der Waals surface area (Å²) in [7, 11) is -3.62. The molecule has 1 saturated heterocycles. The van der Waals surface area contributed by atoms with Crippen molar-refractivity contribution >= 4 is 44.8 Å². The van der Waals surface area contributed by atoms with E-state index >= 15 is 0 Å². The van der Waals surface area contributed by atoms with Gasteiger partial charge in [-0.05, 0) is 30.5 Å². The Labute approximate surface area is 237 Å². The van der Waals surface area contributed by atoms with Crippen molar-refractivity contribution in [2.24, 2.45) is 5.41 Å². The van der Waals surface area contributed by atoms with Gasteiger partial charge >= 0.3 is 5.97 Å². The third-order valence-corrected chi connectivity index (χ3v) is 10.2. The molecule has 1 unspecified atom stereocenters. The number of ether oxygens (including phenoxy) is 2. The van der Waals surface area contributed by atoms with Crippen LogP contribution in [0.3, 0.4) is 0 Å². The number of hydrogen-bond donors (Lipinski definition) is 3. The number of nitrogens with one attached hydrogen (secondary N) is 1. The van der Waals surface area contributed by atoms with Gasteiger partial charge in [0, 0.05) is 37.3 Å². The first kappa shape index (κ1) is 30.2. The Kier molecular flexibility index (Phi) is 10.6. The van der Waals surface area contributed by atoms with Gasteiger partial charge in [-0.15, -0.1) is 11.3 Å². The fourth-order valence-corrected chi connectivity index (χ4v) is 7.18. The Morgan fingerprint density at radius 1 is 1.31 bits per heavy atom. The van der Waals surface area contributed by atoms with Crippen LogP contribution in [-0.2, 0) is 19.5 Å². The highest BCUT2D eigenvalue weighted by atomic mass is 32.2. The number of nitrogens with zero attached hydrogens (tertiary/aromatic N) is 3. The number of hydrogen-bond acceptors (Lipinski definition) is 12. The molecule has 1 atom stereocenters. The second-order valence-corrected chi connectivity index (χ2v) is 13.9. The van der Waals surface area contributed by atoms with Crippen molar-refractivity contribution in [1.82, 2.24) is 15.3 Å². The predicted octanol–water partition coefficient (Wildman–Crippen LogP) is 1.89. The number of esters is 1. The van der Waals surface area contributed by atoms with Gasteiger partial charge in [0.05, 0.1) is 44.1 Å². The molecule has 11 nitrogen and oxygen atoms in total. The van der Waals surface area contributed by atoms with Crippen molar-refractivity contribution in [3.63, 3.8) is 0 Å². The highest BCUT2D eigenvalue weighted by Gasteiger charge is 2.43. The average molecular weight is 601 g/mol. The molecule has 2 aromatic rings. The second kappa shape index (κ2) is 13.7. The molecule has 4 rings (SSSR count). The van der Waals surface area contributed by atoms with E-state index in [-0.39, 0.29) is 6.61 Å². The van der Waals surface area contributed by atoms with Crippen LogP contribution >= 0.6 is 23.1 Å². The molecule has 3 N–H and O–H groups in total. The van der Waals surface area contributed by atoms with Crippen molar-refractivity contribution in [2.75, 3.05) is 69.0 Å². The van der Waals surface area contributed by atoms with Crippen LogP contribution in [-0.4, -0.2) is 99.1 Å². The Hall–Kier alpha value is -1.78. The molecule has 0 amide bonds.